The Bertz CT molecular complexity index is 358. The van der Waals surface area contributed by atoms with Crippen LogP contribution in [0.25, 0.3) is 0 Å². The Morgan fingerprint density at radius 1 is 1.44 bits per heavy atom. The number of nitrogens with two attached hydrogens (primary N) is 1. The van der Waals surface area contributed by atoms with Gasteiger partial charge < -0.3 is 10.5 Å². The van der Waals surface area contributed by atoms with Crippen LogP contribution in [0.15, 0.2) is 18.3 Å². The van der Waals surface area contributed by atoms with Gasteiger partial charge in [-0.05, 0) is 31.4 Å². The molecule has 1 saturated heterocycles. The second-order valence-corrected chi connectivity index (χ2v) is 4.96. The van der Waals surface area contributed by atoms with Crippen molar-refractivity contribution in [2.45, 2.75) is 31.9 Å². The van der Waals surface area contributed by atoms with Gasteiger partial charge in [0.15, 0.2) is 0 Å². The summed E-state index contributed by atoms with van der Waals surface area (Å²) in [4.78, 5) is 6.81. The molecule has 2 heterocycles. The molecule has 0 radical (unpaired) electrons. The average molecular weight is 249 g/mol. The van der Waals surface area contributed by atoms with E-state index in [1.807, 2.05) is 13.1 Å². The highest BCUT2D eigenvalue weighted by atomic mass is 16.5. The number of aromatic nitrogens is 1. The van der Waals surface area contributed by atoms with E-state index >= 15 is 0 Å². The van der Waals surface area contributed by atoms with E-state index in [0.29, 0.717) is 12.6 Å². The highest BCUT2D eigenvalue weighted by Gasteiger charge is 2.25. The van der Waals surface area contributed by atoms with Crippen LogP contribution in [0, 0.1) is 6.92 Å². The summed E-state index contributed by atoms with van der Waals surface area (Å²) in [6, 6.07) is 4.48. The number of hydrogen-bond acceptors (Lipinski definition) is 4. The largest absolute Gasteiger partial charge is 0.381 e. The number of pyridine rings is 1. The third-order valence-electron chi connectivity index (χ3n) is 3.79. The van der Waals surface area contributed by atoms with E-state index in [1.54, 1.807) is 7.11 Å². The van der Waals surface area contributed by atoms with Crippen molar-refractivity contribution in [3.05, 3.63) is 29.6 Å². The first kappa shape index (κ1) is 13.5. The Balaban J connectivity index is 2.03. The maximum absolute atomic E-state index is 5.94. The van der Waals surface area contributed by atoms with Crippen LogP contribution in [0.1, 0.15) is 30.1 Å². The van der Waals surface area contributed by atoms with E-state index in [9.17, 15) is 0 Å². The van der Waals surface area contributed by atoms with E-state index in [-0.39, 0.29) is 6.04 Å². The molecule has 0 aliphatic carbocycles. The fraction of sp³-hybridized carbons (Fsp3) is 0.643. The lowest BCUT2D eigenvalue weighted by Gasteiger charge is -2.36. The van der Waals surface area contributed by atoms with E-state index in [4.69, 9.17) is 10.5 Å². The average Bonchev–Trinajstić information content (AvgIpc) is 2.42. The molecule has 1 unspecified atom stereocenters. The van der Waals surface area contributed by atoms with Gasteiger partial charge in [-0.3, -0.25) is 9.88 Å². The van der Waals surface area contributed by atoms with Crippen molar-refractivity contribution in [2.24, 2.45) is 5.73 Å². The monoisotopic (exact) mass is 249 g/mol. The van der Waals surface area contributed by atoms with Gasteiger partial charge in [-0.1, -0.05) is 6.07 Å². The molecule has 1 fully saturated rings. The Kier molecular flexibility index (Phi) is 4.69. The second-order valence-electron chi connectivity index (χ2n) is 4.96. The number of piperidine rings is 1. The molecule has 1 aliphatic rings. The first-order valence-corrected chi connectivity index (χ1v) is 6.64. The summed E-state index contributed by atoms with van der Waals surface area (Å²) < 4.78 is 5.40. The third kappa shape index (κ3) is 3.07. The van der Waals surface area contributed by atoms with Crippen LogP contribution in [0.3, 0.4) is 0 Å². The molecule has 0 spiro atoms. The van der Waals surface area contributed by atoms with E-state index in [1.165, 1.54) is 5.56 Å². The quantitative estimate of drug-likeness (QED) is 0.878. The molecule has 1 atom stereocenters. The summed E-state index contributed by atoms with van der Waals surface area (Å²) in [7, 11) is 1.80. The van der Waals surface area contributed by atoms with Crippen LogP contribution >= 0.6 is 0 Å². The highest BCUT2D eigenvalue weighted by Crippen LogP contribution is 2.24. The Labute approximate surface area is 109 Å². The minimum absolute atomic E-state index is 0.288. The van der Waals surface area contributed by atoms with Crippen LogP contribution in [-0.4, -0.2) is 42.7 Å². The van der Waals surface area contributed by atoms with Crippen LogP contribution < -0.4 is 5.73 Å². The molecule has 100 valence electrons. The topological polar surface area (TPSA) is 51.4 Å². The molecule has 0 saturated carbocycles. The summed E-state index contributed by atoms with van der Waals surface area (Å²) in [5.41, 5.74) is 8.21. The normalized spacial score (nSPS) is 19.9. The second kappa shape index (κ2) is 6.27. The molecule has 1 aromatic rings. The maximum atomic E-state index is 5.94. The molecule has 0 bridgehead atoms. The van der Waals surface area contributed by atoms with Crippen molar-refractivity contribution >= 4 is 0 Å². The minimum atomic E-state index is 0.288. The van der Waals surface area contributed by atoms with Crippen LogP contribution in [0.5, 0.6) is 0 Å². The van der Waals surface area contributed by atoms with Crippen molar-refractivity contribution in [1.82, 2.24) is 9.88 Å². The van der Waals surface area contributed by atoms with Crippen molar-refractivity contribution in [3.8, 4) is 0 Å². The summed E-state index contributed by atoms with van der Waals surface area (Å²) in [6.07, 6.45) is 4.55. The predicted molar refractivity (Wildman–Crippen MR) is 72.4 cm³/mol. The molecule has 18 heavy (non-hydrogen) atoms. The number of rotatable bonds is 4. The van der Waals surface area contributed by atoms with Crippen LogP contribution in [0.2, 0.25) is 0 Å². The minimum Gasteiger partial charge on any atom is -0.381 e. The summed E-state index contributed by atoms with van der Waals surface area (Å²) in [5, 5.41) is 0. The Morgan fingerprint density at radius 3 is 2.67 bits per heavy atom. The molecule has 0 amide bonds. The van der Waals surface area contributed by atoms with Gasteiger partial charge in [0.25, 0.3) is 0 Å². The fourth-order valence-electron chi connectivity index (χ4n) is 2.60. The van der Waals surface area contributed by atoms with E-state index in [2.05, 4.69) is 22.0 Å². The van der Waals surface area contributed by atoms with Gasteiger partial charge in [0.05, 0.1) is 6.10 Å². The van der Waals surface area contributed by atoms with Gasteiger partial charge in [-0.25, -0.2) is 0 Å². The summed E-state index contributed by atoms with van der Waals surface area (Å²) in [6.45, 7) is 4.75. The van der Waals surface area contributed by atoms with Crippen LogP contribution in [0.4, 0.5) is 0 Å². The number of nitrogens with zero attached hydrogens (tertiary/aromatic N) is 2. The number of hydrogen-bond donors (Lipinski definition) is 1. The zero-order valence-electron chi connectivity index (χ0n) is 11.3. The molecule has 1 aromatic heterocycles. The molecular weight excluding hydrogens is 226 g/mol. The van der Waals surface area contributed by atoms with Crippen molar-refractivity contribution in [3.63, 3.8) is 0 Å². The predicted octanol–water partition coefficient (Wildman–Crippen LogP) is 1.50. The SMILES string of the molecule is COC1CCN(C(CN)c2ccc(C)nc2)CC1. The lowest BCUT2D eigenvalue weighted by atomic mass is 10.0. The highest BCUT2D eigenvalue weighted by molar-refractivity contribution is 5.18. The third-order valence-corrected chi connectivity index (χ3v) is 3.79. The number of aryl methyl sites for hydroxylation is 1. The first-order chi connectivity index (χ1) is 8.74. The Morgan fingerprint density at radius 2 is 2.17 bits per heavy atom. The van der Waals surface area contributed by atoms with Crippen molar-refractivity contribution in [2.75, 3.05) is 26.7 Å². The molecule has 0 aromatic carbocycles. The van der Waals surface area contributed by atoms with E-state index < -0.39 is 0 Å². The number of likely N-dealkylation sites (tertiary alicyclic amines) is 1. The summed E-state index contributed by atoms with van der Waals surface area (Å²) >= 11 is 0. The molecule has 2 N–H and O–H groups in total. The smallest absolute Gasteiger partial charge is 0.0595 e. The van der Waals surface area contributed by atoms with Gasteiger partial charge >= 0.3 is 0 Å². The molecular formula is C14H23N3O. The van der Waals surface area contributed by atoms with Crippen molar-refractivity contribution in [1.29, 1.82) is 0 Å². The maximum Gasteiger partial charge on any atom is 0.0595 e. The van der Waals surface area contributed by atoms with Gasteiger partial charge in [0.2, 0.25) is 0 Å². The lowest BCUT2D eigenvalue weighted by molar-refractivity contribution is 0.0280. The van der Waals surface area contributed by atoms with Crippen LogP contribution in [-0.2, 0) is 4.74 Å². The zero-order chi connectivity index (χ0) is 13.0. The van der Waals surface area contributed by atoms with Gasteiger partial charge in [-0.2, -0.15) is 0 Å². The molecule has 1 aliphatic heterocycles. The lowest BCUT2D eigenvalue weighted by Crippen LogP contribution is -2.41. The van der Waals surface area contributed by atoms with E-state index in [0.717, 1.165) is 31.6 Å². The summed E-state index contributed by atoms with van der Waals surface area (Å²) in [5.74, 6) is 0. The van der Waals surface area contributed by atoms with Gasteiger partial charge in [-0.15, -0.1) is 0 Å². The molecule has 4 heteroatoms. The van der Waals surface area contributed by atoms with Gasteiger partial charge in [0.1, 0.15) is 0 Å². The number of ether oxygens (including phenoxy) is 1. The number of methoxy groups -OCH3 is 1. The fourth-order valence-corrected chi connectivity index (χ4v) is 2.60. The van der Waals surface area contributed by atoms with Crippen molar-refractivity contribution < 1.29 is 4.74 Å². The molecule has 2 rings (SSSR count). The first-order valence-electron chi connectivity index (χ1n) is 6.64. The van der Waals surface area contributed by atoms with Gasteiger partial charge in [0, 0.05) is 44.7 Å². The standard InChI is InChI=1S/C14H23N3O/c1-11-3-4-12(10-16-11)14(9-15)17-7-5-13(18-2)6-8-17/h3-4,10,13-14H,5-9,15H2,1-2H3. The zero-order valence-corrected chi connectivity index (χ0v) is 11.3. The Hall–Kier alpha value is -0.970. The molecule has 4 nitrogen and oxygen atoms in total.